The normalized spacial score (nSPS) is 11.2. The van der Waals surface area contributed by atoms with Crippen molar-refractivity contribution >= 4 is 11.7 Å². The van der Waals surface area contributed by atoms with Crippen molar-refractivity contribution in [2.45, 2.75) is 12.7 Å². The predicted molar refractivity (Wildman–Crippen MR) is 68.8 cm³/mol. The molecule has 0 aliphatic rings. The molecule has 0 amide bonds. The second kappa shape index (κ2) is 5.90. The molecule has 0 radical (unpaired) electrons. The highest BCUT2D eigenvalue weighted by molar-refractivity contribution is 5.88. The topological polar surface area (TPSA) is 51.5 Å². The molecule has 0 saturated carbocycles. The second-order valence-electron chi connectivity index (χ2n) is 4.23. The van der Waals surface area contributed by atoms with Crippen LogP contribution < -0.4 is 5.32 Å². The highest BCUT2D eigenvalue weighted by atomic mass is 19.4. The molecular formula is C14H12F3NO3. The van der Waals surface area contributed by atoms with Crippen molar-refractivity contribution in [1.82, 2.24) is 0 Å². The van der Waals surface area contributed by atoms with Gasteiger partial charge in [-0.1, -0.05) is 6.07 Å². The number of carbonyl (C=O) groups excluding carboxylic acids is 1. The monoisotopic (exact) mass is 299 g/mol. The zero-order valence-corrected chi connectivity index (χ0v) is 11.0. The lowest BCUT2D eigenvalue weighted by Gasteiger charge is -2.09. The van der Waals surface area contributed by atoms with Gasteiger partial charge in [0.2, 0.25) is 0 Å². The van der Waals surface area contributed by atoms with Gasteiger partial charge in [-0.15, -0.1) is 0 Å². The quantitative estimate of drug-likeness (QED) is 0.875. The van der Waals surface area contributed by atoms with Crippen LogP contribution in [0.1, 0.15) is 21.7 Å². The van der Waals surface area contributed by atoms with Crippen molar-refractivity contribution in [3.63, 3.8) is 0 Å². The zero-order chi connectivity index (χ0) is 15.5. The van der Waals surface area contributed by atoms with Crippen molar-refractivity contribution in [1.29, 1.82) is 0 Å². The fourth-order valence-corrected chi connectivity index (χ4v) is 1.69. The van der Waals surface area contributed by atoms with E-state index in [1.165, 1.54) is 31.6 Å². The number of anilines is 1. The van der Waals surface area contributed by atoms with Gasteiger partial charge < -0.3 is 14.5 Å². The van der Waals surface area contributed by atoms with Crippen LogP contribution in [0.5, 0.6) is 0 Å². The molecule has 1 N–H and O–H groups in total. The molecule has 2 aromatic rings. The summed E-state index contributed by atoms with van der Waals surface area (Å²) in [5.41, 5.74) is -0.179. The van der Waals surface area contributed by atoms with Crippen molar-refractivity contribution < 1.29 is 27.1 Å². The fraction of sp³-hybridized carbons (Fsp3) is 0.214. The minimum atomic E-state index is -4.39. The van der Waals surface area contributed by atoms with E-state index in [-0.39, 0.29) is 12.1 Å². The molecule has 1 aromatic heterocycles. The molecule has 0 bridgehead atoms. The van der Waals surface area contributed by atoms with Gasteiger partial charge in [-0.05, 0) is 24.3 Å². The van der Waals surface area contributed by atoms with Gasteiger partial charge in [-0.25, -0.2) is 4.79 Å². The number of alkyl halides is 3. The summed E-state index contributed by atoms with van der Waals surface area (Å²) in [4.78, 5) is 11.2. The number of benzene rings is 1. The molecular weight excluding hydrogens is 287 g/mol. The number of hydrogen-bond donors (Lipinski definition) is 1. The minimum Gasteiger partial charge on any atom is -0.467 e. The maximum absolute atomic E-state index is 12.6. The number of rotatable bonds is 4. The van der Waals surface area contributed by atoms with Crippen LogP contribution in [0.25, 0.3) is 0 Å². The molecule has 0 aliphatic carbocycles. The number of ether oxygens (including phenoxy) is 1. The third-order valence-electron chi connectivity index (χ3n) is 2.73. The van der Waals surface area contributed by atoms with E-state index in [2.05, 4.69) is 10.1 Å². The number of esters is 1. The Bertz CT molecular complexity index is 634. The van der Waals surface area contributed by atoms with Gasteiger partial charge in [-0.3, -0.25) is 0 Å². The van der Waals surface area contributed by atoms with Crippen LogP contribution in [0, 0.1) is 0 Å². The minimum absolute atomic E-state index is 0.151. The van der Waals surface area contributed by atoms with Gasteiger partial charge in [0.15, 0.2) is 0 Å². The van der Waals surface area contributed by atoms with E-state index in [1.54, 1.807) is 0 Å². The molecule has 0 fully saturated rings. The Hall–Kier alpha value is -2.44. The summed E-state index contributed by atoms with van der Waals surface area (Å²) in [6.45, 7) is 0.151. The Morgan fingerprint density at radius 2 is 2.10 bits per heavy atom. The van der Waals surface area contributed by atoms with Crippen LogP contribution in [0.15, 0.2) is 41.0 Å². The van der Waals surface area contributed by atoms with Gasteiger partial charge in [0.1, 0.15) is 12.0 Å². The number of methoxy groups -OCH3 is 1. The number of hydrogen-bond acceptors (Lipinski definition) is 4. The van der Waals surface area contributed by atoms with Gasteiger partial charge in [0.25, 0.3) is 0 Å². The molecule has 21 heavy (non-hydrogen) atoms. The maximum Gasteiger partial charge on any atom is 0.416 e. The summed E-state index contributed by atoms with van der Waals surface area (Å²) in [6, 6.07) is 6.29. The lowest BCUT2D eigenvalue weighted by atomic mass is 10.2. The molecule has 0 aliphatic heterocycles. The number of furan rings is 1. The molecule has 0 spiro atoms. The Balaban J connectivity index is 2.03. The van der Waals surface area contributed by atoms with E-state index < -0.39 is 17.7 Å². The standard InChI is InChI=1S/C14H12F3NO3/c1-20-13(19)9-5-12(21-8-9)7-18-11-4-2-3-10(6-11)14(15,16)17/h2-6,8,18H,7H2,1H3. The van der Waals surface area contributed by atoms with Gasteiger partial charge in [0, 0.05) is 5.69 Å². The SMILES string of the molecule is COC(=O)c1coc(CNc2cccc(C(F)(F)F)c2)c1. The van der Waals surface area contributed by atoms with Crippen LogP contribution in [0.2, 0.25) is 0 Å². The van der Waals surface area contributed by atoms with Crippen molar-refractivity contribution in [2.24, 2.45) is 0 Å². The van der Waals surface area contributed by atoms with E-state index >= 15 is 0 Å². The molecule has 0 unspecified atom stereocenters. The van der Waals surface area contributed by atoms with Crippen molar-refractivity contribution in [2.75, 3.05) is 12.4 Å². The average molecular weight is 299 g/mol. The van der Waals surface area contributed by atoms with Gasteiger partial charge in [-0.2, -0.15) is 13.2 Å². The summed E-state index contributed by atoms with van der Waals surface area (Å²) in [5, 5.41) is 2.80. The Morgan fingerprint density at radius 1 is 1.33 bits per heavy atom. The molecule has 7 heteroatoms. The summed E-state index contributed by atoms with van der Waals surface area (Å²) in [5.74, 6) is -0.128. The predicted octanol–water partition coefficient (Wildman–Crippen LogP) is 3.70. The molecule has 4 nitrogen and oxygen atoms in total. The fourth-order valence-electron chi connectivity index (χ4n) is 1.69. The first-order valence-corrected chi connectivity index (χ1v) is 5.97. The first-order chi connectivity index (χ1) is 9.90. The first kappa shape index (κ1) is 15.0. The highest BCUT2D eigenvalue weighted by Crippen LogP contribution is 2.30. The maximum atomic E-state index is 12.6. The summed E-state index contributed by atoms with van der Waals surface area (Å²) in [7, 11) is 1.25. The van der Waals surface area contributed by atoms with E-state index in [4.69, 9.17) is 4.42 Å². The third-order valence-corrected chi connectivity index (χ3v) is 2.73. The molecule has 1 heterocycles. The second-order valence-corrected chi connectivity index (χ2v) is 4.23. The largest absolute Gasteiger partial charge is 0.467 e. The van der Waals surface area contributed by atoms with E-state index in [9.17, 15) is 18.0 Å². The summed E-state index contributed by atoms with van der Waals surface area (Å²) in [6.07, 6.45) is -3.16. The van der Waals surface area contributed by atoms with E-state index in [1.807, 2.05) is 0 Å². The Kier molecular flexibility index (Phi) is 4.21. The molecule has 0 saturated heterocycles. The van der Waals surface area contributed by atoms with Crippen molar-refractivity contribution in [3.05, 3.63) is 53.5 Å². The lowest BCUT2D eigenvalue weighted by Crippen LogP contribution is -2.06. The van der Waals surface area contributed by atoms with Gasteiger partial charge >= 0.3 is 12.1 Å². The molecule has 0 atom stereocenters. The zero-order valence-electron chi connectivity index (χ0n) is 11.0. The van der Waals surface area contributed by atoms with Crippen LogP contribution in [-0.4, -0.2) is 13.1 Å². The molecule has 1 aromatic carbocycles. The Morgan fingerprint density at radius 3 is 2.76 bits per heavy atom. The number of nitrogens with one attached hydrogen (secondary N) is 1. The van der Waals surface area contributed by atoms with Crippen LogP contribution in [-0.2, 0) is 17.5 Å². The smallest absolute Gasteiger partial charge is 0.416 e. The lowest BCUT2D eigenvalue weighted by molar-refractivity contribution is -0.137. The number of halogens is 3. The Labute approximate surface area is 118 Å². The molecule has 112 valence electrons. The average Bonchev–Trinajstić information content (AvgIpc) is 2.92. The van der Waals surface area contributed by atoms with Crippen LogP contribution in [0.4, 0.5) is 18.9 Å². The first-order valence-electron chi connectivity index (χ1n) is 5.97. The highest BCUT2D eigenvalue weighted by Gasteiger charge is 2.30. The van der Waals surface area contributed by atoms with E-state index in [0.29, 0.717) is 11.4 Å². The van der Waals surface area contributed by atoms with E-state index in [0.717, 1.165) is 12.1 Å². The van der Waals surface area contributed by atoms with Crippen LogP contribution in [0.3, 0.4) is 0 Å². The molecule has 2 rings (SSSR count). The summed E-state index contributed by atoms with van der Waals surface area (Å²) < 4.78 is 47.3. The van der Waals surface area contributed by atoms with Crippen molar-refractivity contribution in [3.8, 4) is 0 Å². The van der Waals surface area contributed by atoms with Gasteiger partial charge in [0.05, 0.1) is 24.8 Å². The summed E-state index contributed by atoms with van der Waals surface area (Å²) >= 11 is 0. The number of carbonyl (C=O) groups is 1. The van der Waals surface area contributed by atoms with Crippen LogP contribution >= 0.6 is 0 Å². The third kappa shape index (κ3) is 3.77.